The summed E-state index contributed by atoms with van der Waals surface area (Å²) in [5.74, 6) is -0.0753. The third kappa shape index (κ3) is 2.74. The van der Waals surface area contributed by atoms with E-state index in [1.807, 2.05) is 24.8 Å². The summed E-state index contributed by atoms with van der Waals surface area (Å²) in [6.45, 7) is 5.50. The third-order valence-corrected chi connectivity index (χ3v) is 3.23. The van der Waals surface area contributed by atoms with E-state index < -0.39 is 5.63 Å². The molecule has 20 heavy (non-hydrogen) atoms. The Morgan fingerprint density at radius 1 is 1.10 bits per heavy atom. The summed E-state index contributed by atoms with van der Waals surface area (Å²) in [6.07, 6.45) is 3.09. The number of carbonyl (C=O) groups excluding carboxylic acids is 1. The lowest BCUT2D eigenvalue weighted by molar-refractivity contribution is 0.0755. The van der Waals surface area contributed by atoms with E-state index in [1.54, 1.807) is 18.2 Å². The molecule has 106 valence electrons. The highest BCUT2D eigenvalue weighted by Crippen LogP contribution is 2.17. The zero-order valence-electron chi connectivity index (χ0n) is 11.9. The van der Waals surface area contributed by atoms with Gasteiger partial charge in [0, 0.05) is 18.5 Å². The standard InChI is InChI=1S/C16H19NO3/c1-3-9-17(10-4-2)15(18)14-11-20-16(19)13-8-6-5-7-12(13)14/h5-8,11H,3-4,9-10H2,1-2H3. The topological polar surface area (TPSA) is 50.5 Å². The van der Waals surface area contributed by atoms with Gasteiger partial charge in [0.1, 0.15) is 6.26 Å². The van der Waals surface area contributed by atoms with Gasteiger partial charge in [-0.25, -0.2) is 4.79 Å². The van der Waals surface area contributed by atoms with Crippen LogP contribution in [0.15, 0.2) is 39.7 Å². The molecule has 1 heterocycles. The van der Waals surface area contributed by atoms with Crippen LogP contribution in [0.4, 0.5) is 0 Å². The van der Waals surface area contributed by atoms with Crippen molar-refractivity contribution in [3.05, 3.63) is 46.5 Å². The molecule has 0 N–H and O–H groups in total. The number of amides is 1. The van der Waals surface area contributed by atoms with Crippen molar-refractivity contribution < 1.29 is 9.21 Å². The second-order valence-electron chi connectivity index (χ2n) is 4.77. The molecular weight excluding hydrogens is 254 g/mol. The lowest BCUT2D eigenvalue weighted by Crippen LogP contribution is -2.32. The average molecular weight is 273 g/mol. The van der Waals surface area contributed by atoms with Crippen molar-refractivity contribution in [2.24, 2.45) is 0 Å². The maximum Gasteiger partial charge on any atom is 0.343 e. The van der Waals surface area contributed by atoms with E-state index in [2.05, 4.69) is 0 Å². The second kappa shape index (κ2) is 6.37. The van der Waals surface area contributed by atoms with Crippen LogP contribution in [0.1, 0.15) is 37.0 Å². The van der Waals surface area contributed by atoms with Crippen LogP contribution in [0.2, 0.25) is 0 Å². The minimum atomic E-state index is -0.408. The monoisotopic (exact) mass is 273 g/mol. The van der Waals surface area contributed by atoms with Gasteiger partial charge in [-0.05, 0) is 18.9 Å². The first kappa shape index (κ1) is 14.3. The maximum absolute atomic E-state index is 12.6. The van der Waals surface area contributed by atoms with Crippen molar-refractivity contribution in [3.8, 4) is 0 Å². The molecule has 2 aromatic rings. The smallest absolute Gasteiger partial charge is 0.343 e. The Labute approximate surface area is 118 Å². The van der Waals surface area contributed by atoms with Crippen LogP contribution < -0.4 is 5.63 Å². The van der Waals surface area contributed by atoms with E-state index in [4.69, 9.17) is 4.42 Å². The number of rotatable bonds is 5. The first-order valence-electron chi connectivity index (χ1n) is 6.98. The number of hydrogen-bond acceptors (Lipinski definition) is 3. The van der Waals surface area contributed by atoms with Crippen LogP contribution in [0.25, 0.3) is 10.8 Å². The molecule has 0 aliphatic heterocycles. The predicted molar refractivity (Wildman–Crippen MR) is 79.0 cm³/mol. The normalized spacial score (nSPS) is 10.7. The van der Waals surface area contributed by atoms with Gasteiger partial charge >= 0.3 is 5.63 Å². The van der Waals surface area contributed by atoms with Crippen LogP contribution in [0.5, 0.6) is 0 Å². The Balaban J connectivity index is 2.49. The van der Waals surface area contributed by atoms with Crippen LogP contribution in [-0.2, 0) is 0 Å². The number of hydrogen-bond donors (Lipinski definition) is 0. The fraction of sp³-hybridized carbons (Fsp3) is 0.375. The van der Waals surface area contributed by atoms with Crippen LogP contribution >= 0.6 is 0 Å². The Hall–Kier alpha value is -2.10. The lowest BCUT2D eigenvalue weighted by atomic mass is 10.1. The van der Waals surface area contributed by atoms with E-state index in [1.165, 1.54) is 6.26 Å². The van der Waals surface area contributed by atoms with Crippen LogP contribution in [0, 0.1) is 0 Å². The van der Waals surface area contributed by atoms with E-state index in [0.717, 1.165) is 12.8 Å². The van der Waals surface area contributed by atoms with Crippen LogP contribution in [0.3, 0.4) is 0 Å². The summed E-state index contributed by atoms with van der Waals surface area (Å²) in [6, 6.07) is 7.06. The van der Waals surface area contributed by atoms with Gasteiger partial charge in [-0.3, -0.25) is 4.79 Å². The van der Waals surface area contributed by atoms with Crippen molar-refractivity contribution >= 4 is 16.7 Å². The molecule has 0 unspecified atom stereocenters. The summed E-state index contributed by atoms with van der Waals surface area (Å²) < 4.78 is 5.00. The minimum absolute atomic E-state index is 0.0753. The van der Waals surface area contributed by atoms with E-state index in [9.17, 15) is 9.59 Å². The third-order valence-electron chi connectivity index (χ3n) is 3.23. The Kier molecular flexibility index (Phi) is 4.56. The van der Waals surface area contributed by atoms with Gasteiger partial charge in [0.15, 0.2) is 0 Å². The molecule has 0 aliphatic rings. The molecule has 1 aromatic heterocycles. The van der Waals surface area contributed by atoms with Crippen molar-refractivity contribution in [1.29, 1.82) is 0 Å². The van der Waals surface area contributed by atoms with Gasteiger partial charge in [0.05, 0.1) is 10.9 Å². The highest BCUT2D eigenvalue weighted by molar-refractivity contribution is 6.06. The average Bonchev–Trinajstić information content (AvgIpc) is 2.47. The molecule has 0 saturated carbocycles. The second-order valence-corrected chi connectivity index (χ2v) is 4.77. The largest absolute Gasteiger partial charge is 0.430 e. The molecule has 4 nitrogen and oxygen atoms in total. The molecule has 0 atom stereocenters. The maximum atomic E-state index is 12.6. The molecule has 4 heteroatoms. The van der Waals surface area contributed by atoms with E-state index in [-0.39, 0.29) is 5.91 Å². The summed E-state index contributed by atoms with van der Waals surface area (Å²) >= 11 is 0. The zero-order chi connectivity index (χ0) is 14.5. The minimum Gasteiger partial charge on any atom is -0.430 e. The van der Waals surface area contributed by atoms with Crippen LogP contribution in [-0.4, -0.2) is 23.9 Å². The Morgan fingerprint density at radius 2 is 1.70 bits per heavy atom. The fourth-order valence-corrected chi connectivity index (χ4v) is 2.33. The highest BCUT2D eigenvalue weighted by Gasteiger charge is 2.18. The number of carbonyl (C=O) groups is 1. The van der Waals surface area contributed by atoms with Gasteiger partial charge in [0.25, 0.3) is 5.91 Å². The number of benzene rings is 1. The molecule has 0 radical (unpaired) electrons. The van der Waals surface area contributed by atoms with Gasteiger partial charge in [-0.2, -0.15) is 0 Å². The zero-order valence-corrected chi connectivity index (χ0v) is 11.9. The van der Waals surface area contributed by atoms with Crippen molar-refractivity contribution in [1.82, 2.24) is 4.90 Å². The molecule has 1 aromatic carbocycles. The first-order chi connectivity index (χ1) is 9.69. The number of nitrogens with zero attached hydrogens (tertiary/aromatic N) is 1. The van der Waals surface area contributed by atoms with Gasteiger partial charge in [0.2, 0.25) is 0 Å². The molecule has 0 saturated heterocycles. The van der Waals surface area contributed by atoms with Crippen molar-refractivity contribution in [2.75, 3.05) is 13.1 Å². The molecular formula is C16H19NO3. The van der Waals surface area contributed by atoms with Crippen molar-refractivity contribution in [3.63, 3.8) is 0 Å². The molecule has 2 rings (SSSR count). The summed E-state index contributed by atoms with van der Waals surface area (Å²) in [7, 11) is 0. The quantitative estimate of drug-likeness (QED) is 0.841. The molecule has 0 fully saturated rings. The fourth-order valence-electron chi connectivity index (χ4n) is 2.33. The van der Waals surface area contributed by atoms with Gasteiger partial charge < -0.3 is 9.32 Å². The predicted octanol–water partition coefficient (Wildman–Crippen LogP) is 3.06. The Morgan fingerprint density at radius 3 is 2.30 bits per heavy atom. The van der Waals surface area contributed by atoms with E-state index >= 15 is 0 Å². The molecule has 0 spiro atoms. The SMILES string of the molecule is CCCN(CCC)C(=O)c1coc(=O)c2ccccc12. The first-order valence-corrected chi connectivity index (χ1v) is 6.98. The summed E-state index contributed by atoms with van der Waals surface area (Å²) in [5.41, 5.74) is 0.0526. The lowest BCUT2D eigenvalue weighted by Gasteiger charge is -2.21. The number of fused-ring (bicyclic) bond motifs is 1. The van der Waals surface area contributed by atoms with E-state index in [0.29, 0.717) is 29.4 Å². The summed E-state index contributed by atoms with van der Waals surface area (Å²) in [5, 5.41) is 1.11. The van der Waals surface area contributed by atoms with Crippen molar-refractivity contribution in [2.45, 2.75) is 26.7 Å². The van der Waals surface area contributed by atoms with Gasteiger partial charge in [-0.15, -0.1) is 0 Å². The molecule has 1 amide bonds. The highest BCUT2D eigenvalue weighted by atomic mass is 16.4. The van der Waals surface area contributed by atoms with Gasteiger partial charge in [-0.1, -0.05) is 32.0 Å². The molecule has 0 bridgehead atoms. The summed E-state index contributed by atoms with van der Waals surface area (Å²) in [4.78, 5) is 26.1. The molecule has 0 aliphatic carbocycles. The Bertz CT molecular complexity index is 654.